The third-order valence-corrected chi connectivity index (χ3v) is 2.48. The van der Waals surface area contributed by atoms with Crippen LogP contribution in [0.1, 0.15) is 30.2 Å². The Morgan fingerprint density at radius 1 is 1.67 bits per heavy atom. The van der Waals surface area contributed by atoms with Crippen molar-refractivity contribution in [2.75, 3.05) is 0 Å². The number of carboxylic acid groups (broad SMARTS) is 1. The molecule has 0 aromatic carbocycles. The van der Waals surface area contributed by atoms with Crippen LogP contribution in [0.15, 0.2) is 0 Å². The van der Waals surface area contributed by atoms with E-state index >= 15 is 0 Å². The summed E-state index contributed by atoms with van der Waals surface area (Å²) in [5.41, 5.74) is -1.29. The molecule has 0 radical (unpaired) electrons. The fraction of sp³-hybridized carbons (Fsp3) is 0.857. The lowest BCUT2D eigenvalue weighted by Crippen LogP contribution is -2.63. The summed E-state index contributed by atoms with van der Waals surface area (Å²) in [6.45, 7) is -1.95. The van der Waals surface area contributed by atoms with Crippen LogP contribution in [0.3, 0.4) is 0 Å². The molecule has 3 fully saturated rings. The maximum atomic E-state index is 10.6. The third-order valence-electron chi connectivity index (χ3n) is 2.48. The highest BCUT2D eigenvalue weighted by molar-refractivity contribution is 5.79. The van der Waals surface area contributed by atoms with Gasteiger partial charge in [0.25, 0.3) is 0 Å². The summed E-state index contributed by atoms with van der Waals surface area (Å²) in [7, 11) is 0. The first-order chi connectivity index (χ1) is 5.31. The minimum absolute atomic E-state index is 0.353. The van der Waals surface area contributed by atoms with Crippen LogP contribution in [0.2, 0.25) is 0 Å². The van der Waals surface area contributed by atoms with E-state index < -0.39 is 23.7 Å². The molecule has 0 aromatic rings. The van der Waals surface area contributed by atoms with Crippen LogP contribution in [-0.4, -0.2) is 11.1 Å². The molecular formula is C7H10O2. The van der Waals surface area contributed by atoms with Crippen LogP contribution >= 0.6 is 0 Å². The zero-order valence-corrected chi connectivity index (χ0v) is 4.98. The van der Waals surface area contributed by atoms with Gasteiger partial charge in [-0.05, 0) is 24.7 Å². The lowest BCUT2D eigenvalue weighted by atomic mass is 9.36. The highest BCUT2D eigenvalue weighted by Gasteiger charge is 2.69. The largest absolute Gasteiger partial charge is 0.481 e. The van der Waals surface area contributed by atoms with Crippen LogP contribution in [0.25, 0.3) is 0 Å². The Balaban J connectivity index is 2.09. The van der Waals surface area contributed by atoms with E-state index in [1.165, 1.54) is 0 Å². The molecule has 0 amide bonds. The molecule has 0 atom stereocenters. The van der Waals surface area contributed by atoms with Crippen molar-refractivity contribution in [3.8, 4) is 0 Å². The van der Waals surface area contributed by atoms with E-state index in [2.05, 4.69) is 0 Å². The molecule has 0 aromatic heterocycles. The summed E-state index contributed by atoms with van der Waals surface area (Å²) < 4.78 is 21.6. The summed E-state index contributed by atoms with van der Waals surface area (Å²) in [6.07, 6.45) is 1.06. The monoisotopic (exact) mass is 129 g/mol. The topological polar surface area (TPSA) is 37.3 Å². The molecule has 2 heteroatoms. The molecule has 3 aliphatic rings. The van der Waals surface area contributed by atoms with E-state index in [1.54, 1.807) is 0 Å². The van der Waals surface area contributed by atoms with Gasteiger partial charge < -0.3 is 5.11 Å². The van der Waals surface area contributed by atoms with Crippen molar-refractivity contribution >= 4 is 5.97 Å². The van der Waals surface area contributed by atoms with Crippen molar-refractivity contribution in [1.29, 1.82) is 0 Å². The highest BCUT2D eigenvalue weighted by Crippen LogP contribution is 2.73. The average Bonchev–Trinajstić information content (AvgIpc) is 1.46. The lowest BCUT2D eigenvalue weighted by Gasteiger charge is -2.66. The fourth-order valence-corrected chi connectivity index (χ4v) is 2.01. The zero-order chi connectivity index (χ0) is 9.20. The van der Waals surface area contributed by atoms with Crippen molar-refractivity contribution in [1.82, 2.24) is 0 Å². The molecule has 3 saturated carbocycles. The summed E-state index contributed by atoms with van der Waals surface area (Å²) in [4.78, 5) is 10.6. The van der Waals surface area contributed by atoms with Crippen LogP contribution < -0.4 is 0 Å². The Morgan fingerprint density at radius 2 is 2.22 bits per heavy atom. The summed E-state index contributed by atoms with van der Waals surface area (Å²) in [6, 6.07) is 0. The van der Waals surface area contributed by atoms with Crippen molar-refractivity contribution in [2.24, 2.45) is 10.8 Å². The number of aliphatic carboxylic acids is 1. The Hall–Kier alpha value is -0.530. The van der Waals surface area contributed by atoms with Gasteiger partial charge in [0.15, 0.2) is 0 Å². The summed E-state index contributed by atoms with van der Waals surface area (Å²) in [5.74, 6) is -0.825. The van der Waals surface area contributed by atoms with Gasteiger partial charge in [-0.2, -0.15) is 0 Å². The summed E-state index contributed by atoms with van der Waals surface area (Å²) >= 11 is 0. The van der Waals surface area contributed by atoms with E-state index in [-0.39, 0.29) is 0 Å². The molecule has 0 heterocycles. The van der Waals surface area contributed by atoms with Crippen molar-refractivity contribution in [3.05, 3.63) is 0 Å². The van der Waals surface area contributed by atoms with E-state index in [9.17, 15) is 4.79 Å². The first-order valence-corrected chi connectivity index (χ1v) is 3.05. The van der Waals surface area contributed by atoms with Gasteiger partial charge in [0, 0.05) is 4.11 Å². The average molecular weight is 129 g/mol. The number of hydrogen-bond acceptors (Lipinski definition) is 1. The second kappa shape index (κ2) is 1.02. The van der Waals surface area contributed by atoms with Crippen LogP contribution in [-0.2, 0) is 4.79 Å². The van der Waals surface area contributed by atoms with Gasteiger partial charge in [-0.25, -0.2) is 0 Å². The minimum Gasteiger partial charge on any atom is -0.481 e. The van der Waals surface area contributed by atoms with Crippen LogP contribution in [0.4, 0.5) is 0 Å². The fourth-order valence-electron chi connectivity index (χ4n) is 2.01. The SMILES string of the molecule is [2H]C([2H])([2H])C12CC(C(=O)O)(C1)C2. The molecule has 0 aliphatic heterocycles. The Labute approximate surface area is 58.1 Å². The van der Waals surface area contributed by atoms with Gasteiger partial charge in [-0.1, -0.05) is 6.85 Å². The summed E-state index contributed by atoms with van der Waals surface area (Å²) in [5, 5.41) is 8.73. The molecule has 2 nitrogen and oxygen atoms in total. The zero-order valence-electron chi connectivity index (χ0n) is 7.98. The van der Waals surface area contributed by atoms with E-state index in [1.807, 2.05) is 0 Å². The van der Waals surface area contributed by atoms with Gasteiger partial charge in [0.1, 0.15) is 0 Å². The van der Waals surface area contributed by atoms with Gasteiger partial charge in [-0.15, -0.1) is 0 Å². The standard InChI is InChI=1S/C7H10O2/c1-6-2-7(3-6,4-6)5(8)9/h2-4H2,1H3,(H,8,9)/i1D3. The molecule has 2 bridgehead atoms. The van der Waals surface area contributed by atoms with Crippen molar-refractivity contribution < 1.29 is 14.0 Å². The smallest absolute Gasteiger partial charge is 0.309 e. The lowest BCUT2D eigenvalue weighted by molar-refractivity contribution is -0.215. The van der Waals surface area contributed by atoms with Gasteiger partial charge in [0.2, 0.25) is 0 Å². The Kier molecular flexibility index (Phi) is 0.346. The predicted octanol–water partition coefficient (Wildman–Crippen LogP) is 1.26. The molecule has 0 spiro atoms. The van der Waals surface area contributed by atoms with Gasteiger partial charge in [-0.3, -0.25) is 4.79 Å². The Bertz CT molecular complexity index is 236. The van der Waals surface area contributed by atoms with Crippen molar-refractivity contribution in [2.45, 2.75) is 26.1 Å². The normalized spacial score (nSPS) is 59.8. The number of rotatable bonds is 1. The maximum Gasteiger partial charge on any atom is 0.309 e. The second-order valence-corrected chi connectivity index (χ2v) is 3.40. The molecule has 3 aliphatic carbocycles. The maximum absolute atomic E-state index is 10.6. The number of carboxylic acids is 1. The Morgan fingerprint density at radius 3 is 2.56 bits per heavy atom. The molecule has 1 N–H and O–H groups in total. The minimum atomic E-state index is -1.95. The van der Waals surface area contributed by atoms with Gasteiger partial charge in [0.05, 0.1) is 5.41 Å². The quantitative estimate of drug-likeness (QED) is 0.578. The predicted molar refractivity (Wildman–Crippen MR) is 32.0 cm³/mol. The molecular weight excluding hydrogens is 116 g/mol. The molecule has 50 valence electrons. The van der Waals surface area contributed by atoms with E-state index in [0.717, 1.165) is 0 Å². The number of hydrogen-bond donors (Lipinski definition) is 1. The molecule has 3 rings (SSSR count). The van der Waals surface area contributed by atoms with E-state index in [0.29, 0.717) is 19.3 Å². The van der Waals surface area contributed by atoms with Gasteiger partial charge >= 0.3 is 5.97 Å². The van der Waals surface area contributed by atoms with Crippen LogP contribution in [0, 0.1) is 10.8 Å². The van der Waals surface area contributed by atoms with Crippen LogP contribution in [0.5, 0.6) is 0 Å². The molecule has 9 heavy (non-hydrogen) atoms. The highest BCUT2D eigenvalue weighted by atomic mass is 16.4. The number of carbonyl (C=O) groups is 1. The molecule has 0 saturated heterocycles. The van der Waals surface area contributed by atoms with Crippen molar-refractivity contribution in [3.63, 3.8) is 0 Å². The second-order valence-electron chi connectivity index (χ2n) is 3.40. The first kappa shape index (κ1) is 3.04. The molecule has 0 unspecified atom stereocenters. The first-order valence-electron chi connectivity index (χ1n) is 4.55. The van der Waals surface area contributed by atoms with E-state index in [4.69, 9.17) is 9.22 Å². The third kappa shape index (κ3) is 0.406.